The van der Waals surface area contributed by atoms with Gasteiger partial charge in [0.2, 0.25) is 0 Å². The van der Waals surface area contributed by atoms with E-state index in [9.17, 15) is 9.90 Å². The van der Waals surface area contributed by atoms with Crippen LogP contribution in [0, 0.1) is 12.8 Å². The number of carbonyl (C=O) groups is 1. The fraction of sp³-hybridized carbons (Fsp3) is 0.562. The molecule has 0 heterocycles. The molecule has 20 heavy (non-hydrogen) atoms. The summed E-state index contributed by atoms with van der Waals surface area (Å²) in [6.45, 7) is 4.42. The van der Waals surface area contributed by atoms with Gasteiger partial charge >= 0.3 is 0 Å². The van der Waals surface area contributed by atoms with Crippen molar-refractivity contribution in [3.8, 4) is 0 Å². The summed E-state index contributed by atoms with van der Waals surface area (Å²) in [5.74, 6) is 0.455. The Balaban J connectivity index is 1.97. The van der Waals surface area contributed by atoms with E-state index in [0.717, 1.165) is 31.2 Å². The Morgan fingerprint density at radius 3 is 2.75 bits per heavy atom. The van der Waals surface area contributed by atoms with E-state index < -0.39 is 5.60 Å². The molecule has 4 nitrogen and oxygen atoms in total. The SMILES string of the molecule is Cc1ccc(N)c(C(=O)NCC2(O)CCC(C)CC2)c1. The molecule has 0 spiro atoms. The summed E-state index contributed by atoms with van der Waals surface area (Å²) in [7, 11) is 0. The van der Waals surface area contributed by atoms with Crippen molar-refractivity contribution in [2.24, 2.45) is 5.92 Å². The van der Waals surface area contributed by atoms with Gasteiger partial charge in [-0.3, -0.25) is 4.79 Å². The number of rotatable bonds is 3. The minimum absolute atomic E-state index is 0.210. The molecule has 1 fully saturated rings. The molecule has 4 heteroatoms. The van der Waals surface area contributed by atoms with Gasteiger partial charge in [0.1, 0.15) is 0 Å². The number of amides is 1. The van der Waals surface area contributed by atoms with Crippen LogP contribution in [-0.4, -0.2) is 23.2 Å². The van der Waals surface area contributed by atoms with E-state index in [2.05, 4.69) is 12.2 Å². The fourth-order valence-corrected chi connectivity index (χ4v) is 2.68. The highest BCUT2D eigenvalue weighted by Gasteiger charge is 2.32. The zero-order valence-corrected chi connectivity index (χ0v) is 12.3. The third kappa shape index (κ3) is 3.51. The molecule has 1 amide bonds. The van der Waals surface area contributed by atoms with Crippen LogP contribution in [0.2, 0.25) is 0 Å². The third-order valence-electron chi connectivity index (χ3n) is 4.24. The van der Waals surface area contributed by atoms with Gasteiger partial charge < -0.3 is 16.2 Å². The van der Waals surface area contributed by atoms with E-state index in [1.165, 1.54) is 0 Å². The predicted octanol–water partition coefficient (Wildman–Crippen LogP) is 2.25. The molecule has 0 unspecified atom stereocenters. The van der Waals surface area contributed by atoms with Gasteiger partial charge in [0.05, 0.1) is 11.2 Å². The molecule has 0 saturated heterocycles. The standard InChI is InChI=1S/C16H24N2O2/c1-11-5-7-16(20,8-6-11)10-18-15(19)13-9-12(2)3-4-14(13)17/h3-4,9,11,20H,5-8,10,17H2,1-2H3,(H,18,19). The first kappa shape index (κ1) is 14.9. The average Bonchev–Trinajstić information content (AvgIpc) is 2.43. The topological polar surface area (TPSA) is 75.4 Å². The maximum Gasteiger partial charge on any atom is 0.253 e. The highest BCUT2D eigenvalue weighted by Crippen LogP contribution is 2.31. The summed E-state index contributed by atoms with van der Waals surface area (Å²) in [6.07, 6.45) is 3.52. The van der Waals surface area contributed by atoms with Crippen molar-refractivity contribution in [3.05, 3.63) is 29.3 Å². The molecule has 0 aromatic heterocycles. The predicted molar refractivity (Wildman–Crippen MR) is 80.5 cm³/mol. The molecule has 1 aliphatic carbocycles. The number of nitrogen functional groups attached to an aromatic ring is 1. The number of hydrogen-bond acceptors (Lipinski definition) is 3. The van der Waals surface area contributed by atoms with Crippen LogP contribution in [-0.2, 0) is 0 Å². The monoisotopic (exact) mass is 276 g/mol. The van der Waals surface area contributed by atoms with E-state index in [1.54, 1.807) is 12.1 Å². The molecule has 1 saturated carbocycles. The molecule has 0 aliphatic heterocycles. The summed E-state index contributed by atoms with van der Waals surface area (Å²) < 4.78 is 0. The minimum Gasteiger partial charge on any atom is -0.398 e. The summed E-state index contributed by atoms with van der Waals surface area (Å²) in [6, 6.07) is 5.39. The van der Waals surface area contributed by atoms with Crippen molar-refractivity contribution in [1.29, 1.82) is 0 Å². The van der Waals surface area contributed by atoms with Crippen LogP contribution in [0.25, 0.3) is 0 Å². The van der Waals surface area contributed by atoms with Crippen molar-refractivity contribution in [1.82, 2.24) is 5.32 Å². The summed E-state index contributed by atoms with van der Waals surface area (Å²) in [4.78, 5) is 12.2. The Labute approximate surface area is 120 Å². The minimum atomic E-state index is -0.763. The number of carbonyl (C=O) groups excluding carboxylic acids is 1. The summed E-state index contributed by atoms with van der Waals surface area (Å²) >= 11 is 0. The second-order valence-corrected chi connectivity index (χ2v) is 6.18. The second-order valence-electron chi connectivity index (χ2n) is 6.18. The quantitative estimate of drug-likeness (QED) is 0.741. The van der Waals surface area contributed by atoms with Crippen LogP contribution in [0.1, 0.15) is 48.5 Å². The van der Waals surface area contributed by atoms with Gasteiger partial charge in [-0.15, -0.1) is 0 Å². The van der Waals surface area contributed by atoms with Gasteiger partial charge in [0.15, 0.2) is 0 Å². The van der Waals surface area contributed by atoms with E-state index in [4.69, 9.17) is 5.73 Å². The number of aliphatic hydroxyl groups is 1. The number of benzene rings is 1. The molecular weight excluding hydrogens is 252 g/mol. The van der Waals surface area contributed by atoms with E-state index >= 15 is 0 Å². The zero-order valence-electron chi connectivity index (χ0n) is 12.3. The maximum atomic E-state index is 12.2. The van der Waals surface area contributed by atoms with Crippen LogP contribution >= 0.6 is 0 Å². The van der Waals surface area contributed by atoms with Gasteiger partial charge in [0, 0.05) is 12.2 Å². The number of nitrogens with one attached hydrogen (secondary N) is 1. The van der Waals surface area contributed by atoms with Crippen molar-refractivity contribution in [2.75, 3.05) is 12.3 Å². The molecule has 4 N–H and O–H groups in total. The Bertz CT molecular complexity index is 491. The molecule has 0 radical (unpaired) electrons. The average molecular weight is 276 g/mol. The molecular formula is C16H24N2O2. The number of nitrogens with two attached hydrogens (primary N) is 1. The van der Waals surface area contributed by atoms with Crippen molar-refractivity contribution in [2.45, 2.75) is 45.1 Å². The van der Waals surface area contributed by atoms with Crippen molar-refractivity contribution >= 4 is 11.6 Å². The van der Waals surface area contributed by atoms with Crippen LogP contribution in [0.15, 0.2) is 18.2 Å². The largest absolute Gasteiger partial charge is 0.398 e. The number of hydrogen-bond donors (Lipinski definition) is 3. The van der Waals surface area contributed by atoms with Crippen molar-refractivity contribution in [3.63, 3.8) is 0 Å². The Morgan fingerprint density at radius 1 is 1.45 bits per heavy atom. The van der Waals surface area contributed by atoms with E-state index in [1.807, 2.05) is 13.0 Å². The van der Waals surface area contributed by atoms with Gasteiger partial charge in [-0.1, -0.05) is 18.6 Å². The molecule has 1 aromatic rings. The van der Waals surface area contributed by atoms with E-state index in [-0.39, 0.29) is 5.91 Å². The summed E-state index contributed by atoms with van der Waals surface area (Å²) in [5.41, 5.74) is 7.01. The lowest BCUT2D eigenvalue weighted by Gasteiger charge is -2.35. The van der Waals surface area contributed by atoms with Gasteiger partial charge in [0.25, 0.3) is 5.91 Å². The van der Waals surface area contributed by atoms with Crippen molar-refractivity contribution < 1.29 is 9.90 Å². The first-order chi connectivity index (χ1) is 9.39. The first-order valence-electron chi connectivity index (χ1n) is 7.26. The molecule has 110 valence electrons. The molecule has 1 aromatic carbocycles. The fourth-order valence-electron chi connectivity index (χ4n) is 2.68. The summed E-state index contributed by atoms with van der Waals surface area (Å²) in [5, 5.41) is 13.3. The lowest BCUT2D eigenvalue weighted by atomic mass is 9.79. The van der Waals surface area contributed by atoms with Crippen LogP contribution < -0.4 is 11.1 Å². The zero-order chi connectivity index (χ0) is 14.8. The third-order valence-corrected chi connectivity index (χ3v) is 4.24. The number of aryl methyl sites for hydroxylation is 1. The van der Waals surface area contributed by atoms with Gasteiger partial charge in [-0.05, 0) is 50.7 Å². The van der Waals surface area contributed by atoms with Crippen LogP contribution in [0.3, 0.4) is 0 Å². The first-order valence-corrected chi connectivity index (χ1v) is 7.26. The Morgan fingerprint density at radius 2 is 2.10 bits per heavy atom. The normalized spacial score (nSPS) is 26.2. The highest BCUT2D eigenvalue weighted by molar-refractivity contribution is 5.99. The van der Waals surface area contributed by atoms with Gasteiger partial charge in [-0.25, -0.2) is 0 Å². The smallest absolute Gasteiger partial charge is 0.253 e. The Kier molecular flexibility index (Phi) is 4.33. The van der Waals surface area contributed by atoms with Crippen LogP contribution in [0.4, 0.5) is 5.69 Å². The lowest BCUT2D eigenvalue weighted by molar-refractivity contribution is -0.00539. The molecule has 2 rings (SSSR count). The second kappa shape index (κ2) is 5.83. The Hall–Kier alpha value is -1.55. The van der Waals surface area contributed by atoms with Crippen LogP contribution in [0.5, 0.6) is 0 Å². The van der Waals surface area contributed by atoms with E-state index in [0.29, 0.717) is 23.7 Å². The number of anilines is 1. The maximum absolute atomic E-state index is 12.2. The highest BCUT2D eigenvalue weighted by atomic mass is 16.3. The molecule has 1 aliphatic rings. The lowest BCUT2D eigenvalue weighted by Crippen LogP contribution is -2.45. The molecule has 0 bridgehead atoms. The van der Waals surface area contributed by atoms with Gasteiger partial charge in [-0.2, -0.15) is 0 Å². The molecule has 0 atom stereocenters.